The molecule has 1 N–H and O–H groups in total. The molecule has 1 atom stereocenters. The summed E-state index contributed by atoms with van der Waals surface area (Å²) in [5, 5.41) is 22.7. The van der Waals surface area contributed by atoms with Crippen molar-refractivity contribution in [1.29, 1.82) is 5.26 Å². The van der Waals surface area contributed by atoms with Gasteiger partial charge in [0.1, 0.15) is 16.8 Å². The van der Waals surface area contributed by atoms with Crippen LogP contribution >= 0.6 is 23.1 Å². The lowest BCUT2D eigenvalue weighted by atomic mass is 9.89. The van der Waals surface area contributed by atoms with Crippen molar-refractivity contribution in [1.82, 2.24) is 14.8 Å². The first kappa shape index (κ1) is 26.0. The Morgan fingerprint density at radius 2 is 2.17 bits per heavy atom. The van der Waals surface area contributed by atoms with Crippen LogP contribution in [0.1, 0.15) is 43.2 Å². The number of nitrogens with one attached hydrogen (secondary N) is 1. The molecule has 2 heterocycles. The molecule has 0 fully saturated rings. The van der Waals surface area contributed by atoms with E-state index in [9.17, 15) is 10.1 Å². The third kappa shape index (κ3) is 6.00. The number of hydrogen-bond acceptors (Lipinski definition) is 7. The normalized spacial score (nSPS) is 14.8. The van der Waals surface area contributed by atoms with Gasteiger partial charge in [0, 0.05) is 17.0 Å². The number of benzene rings is 1. The first-order chi connectivity index (χ1) is 17.4. The Morgan fingerprint density at radius 3 is 2.86 bits per heavy atom. The molecule has 4 rings (SSSR count). The summed E-state index contributed by atoms with van der Waals surface area (Å²) >= 11 is 2.86. The van der Waals surface area contributed by atoms with Crippen molar-refractivity contribution in [2.24, 2.45) is 11.8 Å². The van der Waals surface area contributed by atoms with Gasteiger partial charge in [-0.25, -0.2) is 0 Å². The lowest BCUT2D eigenvalue weighted by Gasteiger charge is -2.17. The Kier molecular flexibility index (Phi) is 8.49. The molecule has 0 spiro atoms. The van der Waals surface area contributed by atoms with Gasteiger partial charge in [-0.05, 0) is 60.9 Å². The quantitative estimate of drug-likeness (QED) is 0.262. The van der Waals surface area contributed by atoms with Crippen LogP contribution in [0.3, 0.4) is 0 Å². The minimum atomic E-state index is -0.162. The van der Waals surface area contributed by atoms with Crippen LogP contribution in [0.2, 0.25) is 0 Å². The number of carbonyl (C=O) groups is 1. The smallest absolute Gasteiger partial charge is 0.235 e. The van der Waals surface area contributed by atoms with Crippen molar-refractivity contribution < 1.29 is 9.53 Å². The molecule has 9 heteroatoms. The number of nitriles is 1. The van der Waals surface area contributed by atoms with Crippen LogP contribution in [0.5, 0.6) is 5.75 Å². The van der Waals surface area contributed by atoms with Gasteiger partial charge in [-0.1, -0.05) is 38.6 Å². The van der Waals surface area contributed by atoms with Crippen LogP contribution in [0.4, 0.5) is 5.00 Å². The van der Waals surface area contributed by atoms with E-state index in [0.29, 0.717) is 46.5 Å². The van der Waals surface area contributed by atoms with Gasteiger partial charge >= 0.3 is 0 Å². The Bertz CT molecular complexity index is 1270. The van der Waals surface area contributed by atoms with Crippen molar-refractivity contribution in [3.05, 3.63) is 52.9 Å². The molecule has 188 valence electrons. The molecule has 0 bridgehead atoms. The van der Waals surface area contributed by atoms with Crippen LogP contribution in [-0.2, 0) is 24.2 Å². The highest BCUT2D eigenvalue weighted by molar-refractivity contribution is 7.99. The van der Waals surface area contributed by atoms with E-state index >= 15 is 0 Å². The number of fused-ring (bicyclic) bond motifs is 1. The summed E-state index contributed by atoms with van der Waals surface area (Å²) in [6.45, 7) is 11.5. The largest absolute Gasteiger partial charge is 0.493 e. The number of thiophene rings is 1. The van der Waals surface area contributed by atoms with Crippen molar-refractivity contribution in [2.45, 2.75) is 51.7 Å². The molecular formula is C27H31N5O2S2. The molecule has 36 heavy (non-hydrogen) atoms. The lowest BCUT2D eigenvalue weighted by Crippen LogP contribution is -2.15. The molecule has 1 aromatic carbocycles. The monoisotopic (exact) mass is 521 g/mol. The van der Waals surface area contributed by atoms with Crippen LogP contribution in [0, 0.1) is 23.2 Å². The van der Waals surface area contributed by atoms with Crippen molar-refractivity contribution in [3.63, 3.8) is 0 Å². The van der Waals surface area contributed by atoms with E-state index < -0.39 is 0 Å². The van der Waals surface area contributed by atoms with Gasteiger partial charge in [-0.2, -0.15) is 5.26 Å². The first-order valence-electron chi connectivity index (χ1n) is 12.1. The third-order valence-corrected chi connectivity index (χ3v) is 8.07. The fraction of sp³-hybridized carbons (Fsp3) is 0.407. The Labute approximate surface area is 220 Å². The number of anilines is 1. The van der Waals surface area contributed by atoms with E-state index in [1.54, 1.807) is 6.08 Å². The number of amides is 1. The number of thioether (sulfide) groups is 1. The number of hydrogen-bond donors (Lipinski definition) is 1. The van der Waals surface area contributed by atoms with Crippen molar-refractivity contribution in [3.8, 4) is 23.2 Å². The standard InChI is InChI=1S/C27H31N5O2S2/c1-5-12-32-25(19-7-9-20(10-8-19)34-15-17(2)3)30-31-27(32)35-16-24(33)29-26-22(14-28)21-11-6-18(4)13-23(21)36-26/h5,7-10,17-18H,1,6,11-13,15-16H2,2-4H3,(H,29,33). The minimum Gasteiger partial charge on any atom is -0.493 e. The van der Waals surface area contributed by atoms with E-state index in [4.69, 9.17) is 4.74 Å². The molecule has 0 aliphatic heterocycles. The Hall–Kier alpha value is -3.09. The average molecular weight is 522 g/mol. The van der Waals surface area contributed by atoms with E-state index in [1.165, 1.54) is 28.0 Å². The number of carbonyl (C=O) groups excluding carboxylic acids is 1. The Morgan fingerprint density at radius 1 is 1.39 bits per heavy atom. The van der Waals surface area contributed by atoms with Crippen molar-refractivity contribution >= 4 is 34.0 Å². The van der Waals surface area contributed by atoms with Gasteiger partial charge in [0.2, 0.25) is 5.91 Å². The summed E-state index contributed by atoms with van der Waals surface area (Å²) in [6, 6.07) is 10.1. The first-order valence-corrected chi connectivity index (χ1v) is 13.9. The summed E-state index contributed by atoms with van der Waals surface area (Å²) in [4.78, 5) is 14.0. The van der Waals surface area contributed by atoms with Crippen LogP contribution < -0.4 is 10.1 Å². The van der Waals surface area contributed by atoms with Gasteiger partial charge in [-0.3, -0.25) is 9.36 Å². The number of nitrogens with zero attached hydrogens (tertiary/aromatic N) is 4. The predicted molar refractivity (Wildman–Crippen MR) is 146 cm³/mol. The molecular weight excluding hydrogens is 490 g/mol. The molecule has 1 aliphatic carbocycles. The van der Waals surface area contributed by atoms with E-state index in [-0.39, 0.29) is 11.7 Å². The van der Waals surface area contributed by atoms with Gasteiger partial charge in [0.15, 0.2) is 11.0 Å². The molecule has 1 amide bonds. The van der Waals surface area contributed by atoms with Gasteiger partial charge in [0.05, 0.1) is 17.9 Å². The maximum Gasteiger partial charge on any atom is 0.235 e. The fourth-order valence-electron chi connectivity index (χ4n) is 4.12. The second kappa shape index (κ2) is 11.8. The average Bonchev–Trinajstić information content (AvgIpc) is 3.41. The van der Waals surface area contributed by atoms with Gasteiger partial charge in [0.25, 0.3) is 0 Å². The summed E-state index contributed by atoms with van der Waals surface area (Å²) in [5.74, 6) is 2.59. The lowest BCUT2D eigenvalue weighted by molar-refractivity contribution is -0.113. The van der Waals surface area contributed by atoms with E-state index in [0.717, 1.165) is 36.1 Å². The number of ether oxygens (including phenoxy) is 1. The second-order valence-corrected chi connectivity index (χ2v) is 11.5. The summed E-state index contributed by atoms with van der Waals surface area (Å²) < 4.78 is 7.72. The maximum absolute atomic E-state index is 12.8. The summed E-state index contributed by atoms with van der Waals surface area (Å²) in [5.41, 5.74) is 2.65. The molecule has 2 aromatic heterocycles. The highest BCUT2D eigenvalue weighted by Crippen LogP contribution is 2.39. The topological polar surface area (TPSA) is 92.8 Å². The van der Waals surface area contributed by atoms with Crippen LogP contribution in [0.25, 0.3) is 11.4 Å². The molecule has 0 saturated carbocycles. The molecule has 0 radical (unpaired) electrons. The molecule has 0 saturated heterocycles. The molecule has 1 aliphatic rings. The van der Waals surface area contributed by atoms with Gasteiger partial charge < -0.3 is 10.1 Å². The molecule has 1 unspecified atom stereocenters. The minimum absolute atomic E-state index is 0.162. The van der Waals surface area contributed by atoms with Gasteiger partial charge in [-0.15, -0.1) is 28.1 Å². The van der Waals surface area contributed by atoms with Crippen LogP contribution in [-0.4, -0.2) is 33.0 Å². The highest BCUT2D eigenvalue weighted by Gasteiger charge is 2.25. The maximum atomic E-state index is 12.8. The van der Waals surface area contributed by atoms with Crippen molar-refractivity contribution in [2.75, 3.05) is 17.7 Å². The van der Waals surface area contributed by atoms with Crippen LogP contribution in [0.15, 0.2) is 42.1 Å². The Balaban J connectivity index is 1.44. The summed E-state index contributed by atoms with van der Waals surface area (Å²) in [7, 11) is 0. The zero-order valence-electron chi connectivity index (χ0n) is 20.9. The van der Waals surface area contributed by atoms with E-state index in [1.807, 2.05) is 28.8 Å². The predicted octanol–water partition coefficient (Wildman–Crippen LogP) is 5.95. The van der Waals surface area contributed by atoms with E-state index in [2.05, 4.69) is 48.9 Å². The fourth-order valence-corrected chi connectivity index (χ4v) is 6.24. The zero-order chi connectivity index (χ0) is 25.7. The number of aromatic nitrogens is 3. The number of allylic oxidation sites excluding steroid dienone is 1. The zero-order valence-corrected chi connectivity index (χ0v) is 22.5. The molecule has 3 aromatic rings. The SMILES string of the molecule is C=CCn1c(SCC(=O)Nc2sc3c(c2C#N)CCC(C)C3)nnc1-c1ccc(OCC(C)C)cc1. The highest BCUT2D eigenvalue weighted by atomic mass is 32.2. The number of rotatable bonds is 10. The molecule has 7 nitrogen and oxygen atoms in total. The third-order valence-electron chi connectivity index (χ3n) is 5.93. The second-order valence-electron chi connectivity index (χ2n) is 9.44. The summed E-state index contributed by atoms with van der Waals surface area (Å²) in [6.07, 6.45) is 4.74.